The lowest BCUT2D eigenvalue weighted by Crippen LogP contribution is -2.38. The van der Waals surface area contributed by atoms with Gasteiger partial charge in [0.05, 0.1) is 7.11 Å². The summed E-state index contributed by atoms with van der Waals surface area (Å²) in [6.07, 6.45) is -2.37. The number of methoxy groups -OCH3 is 1. The molecule has 2 aliphatic heterocycles. The van der Waals surface area contributed by atoms with Gasteiger partial charge >= 0.3 is 6.18 Å². The molecule has 1 amide bonds. The Balaban J connectivity index is 0.00000208. The summed E-state index contributed by atoms with van der Waals surface area (Å²) in [7, 11) is 1.26. The molecular formula is C15H19ClF3N3O2. The van der Waals surface area contributed by atoms with Crippen molar-refractivity contribution in [2.45, 2.75) is 25.4 Å². The van der Waals surface area contributed by atoms with E-state index in [4.69, 9.17) is 4.74 Å². The number of amides is 1. The fraction of sp³-hybridized carbons (Fsp3) is 0.600. The van der Waals surface area contributed by atoms with E-state index in [1.807, 2.05) is 0 Å². The predicted octanol–water partition coefficient (Wildman–Crippen LogP) is 2.64. The first-order valence-electron chi connectivity index (χ1n) is 7.48. The second-order valence-electron chi connectivity index (χ2n) is 6.13. The van der Waals surface area contributed by atoms with Gasteiger partial charge in [-0.3, -0.25) is 4.79 Å². The van der Waals surface area contributed by atoms with Crippen molar-refractivity contribution in [2.75, 3.05) is 31.6 Å². The highest BCUT2D eigenvalue weighted by molar-refractivity contribution is 5.97. The molecule has 3 rings (SSSR count). The molecule has 3 heterocycles. The predicted molar refractivity (Wildman–Crippen MR) is 84.5 cm³/mol. The Hall–Kier alpha value is -1.54. The molecule has 1 N–H and O–H groups in total. The van der Waals surface area contributed by atoms with Gasteiger partial charge in [-0.2, -0.15) is 13.2 Å². The van der Waals surface area contributed by atoms with Gasteiger partial charge in [-0.15, -0.1) is 12.4 Å². The molecule has 2 saturated heterocycles. The van der Waals surface area contributed by atoms with E-state index in [-0.39, 0.29) is 29.6 Å². The Bertz CT molecular complexity index is 618. The van der Waals surface area contributed by atoms with Crippen LogP contribution in [0.2, 0.25) is 0 Å². The largest absolute Gasteiger partial charge is 0.479 e. The van der Waals surface area contributed by atoms with Gasteiger partial charge < -0.3 is 15.0 Å². The van der Waals surface area contributed by atoms with E-state index in [1.54, 1.807) is 0 Å². The van der Waals surface area contributed by atoms with E-state index in [1.165, 1.54) is 18.1 Å². The van der Waals surface area contributed by atoms with Gasteiger partial charge in [0.15, 0.2) is 0 Å². The SMILES string of the molecule is COc1nc(C(F)(F)F)ccc1N1CC2(CCNCC2)CC1=O.Cl. The number of carbonyl (C=O) groups is 1. The smallest absolute Gasteiger partial charge is 0.433 e. The molecule has 134 valence electrons. The lowest BCUT2D eigenvalue weighted by Gasteiger charge is -2.33. The molecule has 0 bridgehead atoms. The van der Waals surface area contributed by atoms with Crippen LogP contribution in [0.5, 0.6) is 5.88 Å². The standard InChI is InChI=1S/C15H18F3N3O2.ClH/c1-23-13-10(2-3-11(20-13)15(16,17)18)21-9-14(8-12(21)22)4-6-19-7-5-14;/h2-3,19H,4-9H2,1H3;1H. The second-order valence-corrected chi connectivity index (χ2v) is 6.13. The summed E-state index contributed by atoms with van der Waals surface area (Å²) in [5, 5.41) is 3.26. The minimum absolute atomic E-state index is 0. The van der Waals surface area contributed by atoms with Crippen LogP contribution in [0.15, 0.2) is 12.1 Å². The van der Waals surface area contributed by atoms with Crippen molar-refractivity contribution >= 4 is 24.0 Å². The van der Waals surface area contributed by atoms with E-state index >= 15 is 0 Å². The summed E-state index contributed by atoms with van der Waals surface area (Å²) >= 11 is 0. The molecule has 0 aliphatic carbocycles. The van der Waals surface area contributed by atoms with Gasteiger partial charge in [0, 0.05) is 13.0 Å². The zero-order valence-electron chi connectivity index (χ0n) is 13.2. The summed E-state index contributed by atoms with van der Waals surface area (Å²) in [5.74, 6) is -0.258. The number of alkyl halides is 3. The molecule has 5 nitrogen and oxygen atoms in total. The van der Waals surface area contributed by atoms with Gasteiger partial charge in [-0.05, 0) is 43.5 Å². The highest BCUT2D eigenvalue weighted by Gasteiger charge is 2.45. The molecule has 24 heavy (non-hydrogen) atoms. The summed E-state index contributed by atoms with van der Waals surface area (Å²) in [6, 6.07) is 2.16. The van der Waals surface area contributed by atoms with Crippen molar-refractivity contribution in [1.29, 1.82) is 0 Å². The third kappa shape index (κ3) is 3.44. The highest BCUT2D eigenvalue weighted by atomic mass is 35.5. The zero-order valence-corrected chi connectivity index (χ0v) is 14.0. The lowest BCUT2D eigenvalue weighted by molar-refractivity contribution is -0.141. The molecule has 1 spiro atoms. The van der Waals surface area contributed by atoms with Crippen molar-refractivity contribution in [3.63, 3.8) is 0 Å². The van der Waals surface area contributed by atoms with Gasteiger partial charge in [-0.1, -0.05) is 0 Å². The van der Waals surface area contributed by atoms with Crippen LogP contribution in [0, 0.1) is 5.41 Å². The van der Waals surface area contributed by atoms with Crippen molar-refractivity contribution in [1.82, 2.24) is 10.3 Å². The first-order chi connectivity index (χ1) is 10.8. The van der Waals surface area contributed by atoms with Crippen LogP contribution in [0.3, 0.4) is 0 Å². The Morgan fingerprint density at radius 3 is 2.54 bits per heavy atom. The van der Waals surface area contributed by atoms with Gasteiger partial charge in [-0.25, -0.2) is 4.98 Å². The number of anilines is 1. The molecular weight excluding hydrogens is 347 g/mol. The number of nitrogens with one attached hydrogen (secondary N) is 1. The van der Waals surface area contributed by atoms with Crippen LogP contribution in [0.4, 0.5) is 18.9 Å². The Morgan fingerprint density at radius 1 is 1.29 bits per heavy atom. The van der Waals surface area contributed by atoms with Crippen molar-refractivity contribution in [2.24, 2.45) is 5.41 Å². The average Bonchev–Trinajstić information content (AvgIpc) is 2.82. The third-order valence-corrected chi connectivity index (χ3v) is 4.60. The van der Waals surface area contributed by atoms with Crippen LogP contribution < -0.4 is 15.0 Å². The average molecular weight is 366 g/mol. The number of nitrogens with zero attached hydrogens (tertiary/aromatic N) is 2. The van der Waals surface area contributed by atoms with Crippen LogP contribution in [0.1, 0.15) is 25.0 Å². The summed E-state index contributed by atoms with van der Waals surface area (Å²) in [6.45, 7) is 2.20. The summed E-state index contributed by atoms with van der Waals surface area (Å²) < 4.78 is 43.3. The normalized spacial score (nSPS) is 20.2. The maximum absolute atomic E-state index is 12.8. The minimum atomic E-state index is -4.54. The minimum Gasteiger partial charge on any atom is -0.479 e. The fourth-order valence-electron chi connectivity index (χ4n) is 3.35. The monoisotopic (exact) mass is 365 g/mol. The van der Waals surface area contributed by atoms with E-state index < -0.39 is 11.9 Å². The van der Waals surface area contributed by atoms with Crippen LogP contribution >= 0.6 is 12.4 Å². The van der Waals surface area contributed by atoms with Gasteiger partial charge in [0.25, 0.3) is 0 Å². The Kier molecular flexibility index (Phi) is 5.29. The molecule has 2 fully saturated rings. The van der Waals surface area contributed by atoms with Gasteiger partial charge in [0.1, 0.15) is 11.4 Å². The second kappa shape index (κ2) is 6.76. The van der Waals surface area contributed by atoms with Crippen molar-refractivity contribution in [3.05, 3.63) is 17.8 Å². The number of hydrogen-bond acceptors (Lipinski definition) is 4. The fourth-order valence-corrected chi connectivity index (χ4v) is 3.35. The maximum Gasteiger partial charge on any atom is 0.433 e. The number of carbonyl (C=O) groups excluding carboxylic acids is 1. The Labute approximate surface area is 144 Å². The number of pyridine rings is 1. The molecule has 0 aromatic carbocycles. The van der Waals surface area contributed by atoms with E-state index in [2.05, 4.69) is 10.3 Å². The maximum atomic E-state index is 12.8. The summed E-state index contributed by atoms with van der Waals surface area (Å²) in [5.41, 5.74) is -0.821. The number of ether oxygens (including phenoxy) is 1. The number of halogens is 4. The zero-order chi connectivity index (χ0) is 16.7. The van der Waals surface area contributed by atoms with Crippen molar-refractivity contribution in [3.8, 4) is 5.88 Å². The van der Waals surface area contributed by atoms with Crippen molar-refractivity contribution < 1.29 is 22.7 Å². The quantitative estimate of drug-likeness (QED) is 0.875. The number of piperidine rings is 1. The number of hydrogen-bond donors (Lipinski definition) is 1. The van der Waals surface area contributed by atoms with E-state index in [0.29, 0.717) is 18.7 Å². The molecule has 0 saturated carbocycles. The van der Waals surface area contributed by atoms with Crippen LogP contribution in [-0.2, 0) is 11.0 Å². The first-order valence-corrected chi connectivity index (χ1v) is 7.48. The Morgan fingerprint density at radius 2 is 1.96 bits per heavy atom. The molecule has 1 aromatic rings. The van der Waals surface area contributed by atoms with E-state index in [0.717, 1.165) is 32.0 Å². The third-order valence-electron chi connectivity index (χ3n) is 4.60. The molecule has 2 aliphatic rings. The number of aromatic nitrogens is 1. The first kappa shape index (κ1) is 18.8. The highest BCUT2D eigenvalue weighted by Crippen LogP contribution is 2.43. The number of rotatable bonds is 2. The van der Waals surface area contributed by atoms with Gasteiger partial charge in [0.2, 0.25) is 11.8 Å². The molecule has 0 radical (unpaired) electrons. The molecule has 1 aromatic heterocycles. The molecule has 9 heteroatoms. The van der Waals surface area contributed by atoms with Crippen LogP contribution in [-0.4, -0.2) is 37.6 Å². The van der Waals surface area contributed by atoms with Crippen LogP contribution in [0.25, 0.3) is 0 Å². The lowest BCUT2D eigenvalue weighted by atomic mass is 9.78. The van der Waals surface area contributed by atoms with E-state index in [9.17, 15) is 18.0 Å². The molecule has 0 unspecified atom stereocenters. The molecule has 0 atom stereocenters. The topological polar surface area (TPSA) is 54.5 Å². The summed E-state index contributed by atoms with van der Waals surface area (Å²) in [4.78, 5) is 17.4.